The van der Waals surface area contributed by atoms with Crippen molar-refractivity contribution in [2.24, 2.45) is 0 Å². The Morgan fingerprint density at radius 2 is 0.696 bits per heavy atom. The first-order valence-corrected chi connectivity index (χ1v) is 4.33. The van der Waals surface area contributed by atoms with Gasteiger partial charge in [0.2, 0.25) is 0 Å². The van der Waals surface area contributed by atoms with Gasteiger partial charge in [0, 0.05) is 0 Å². The molecule has 0 N–H and O–H groups in total. The molecule has 0 radical (unpaired) electrons. The van der Waals surface area contributed by atoms with E-state index in [0.717, 1.165) is 0 Å². The van der Waals surface area contributed by atoms with Gasteiger partial charge in [-0.25, -0.2) is 8.78 Å². The van der Waals surface area contributed by atoms with Crippen molar-refractivity contribution >= 4 is 0 Å². The minimum Gasteiger partial charge on any atom is -0.415 e. The molecule has 0 spiro atoms. The van der Waals surface area contributed by atoms with Crippen LogP contribution in [-0.4, -0.2) is 35.8 Å². The van der Waals surface area contributed by atoms with Crippen LogP contribution in [-0.2, 0) is 0 Å². The zero-order valence-corrected chi connectivity index (χ0v) is 10.2. The molecule has 0 aliphatic heterocycles. The van der Waals surface area contributed by atoms with Crippen LogP contribution >= 0.6 is 0 Å². The zero-order valence-electron chi connectivity index (χ0n) is 10.2. The van der Waals surface area contributed by atoms with Crippen molar-refractivity contribution in [3.63, 3.8) is 0 Å². The molecule has 16 heteroatoms. The van der Waals surface area contributed by atoms with E-state index in [1.165, 1.54) is 0 Å². The SMILES string of the molecule is F[C-](F)C(F)(F)C(F)(F)C(F)(F)C(F)(F)C(F)(F)C(F)(F)F.[Li+]. The van der Waals surface area contributed by atoms with E-state index in [0.29, 0.717) is 0 Å². The second kappa shape index (κ2) is 6.12. The summed E-state index contributed by atoms with van der Waals surface area (Å²) in [5.74, 6) is -39.6. The molecule has 0 aliphatic rings. The van der Waals surface area contributed by atoms with E-state index < -0.39 is 42.2 Å². The van der Waals surface area contributed by atoms with Crippen LogP contribution in [0.25, 0.3) is 0 Å². The summed E-state index contributed by atoms with van der Waals surface area (Å²) in [7, 11) is 0. The topological polar surface area (TPSA) is 0 Å². The third-order valence-corrected chi connectivity index (χ3v) is 2.17. The summed E-state index contributed by atoms with van der Waals surface area (Å²) in [6.45, 7) is 0. The summed E-state index contributed by atoms with van der Waals surface area (Å²) in [6.07, 6.45) is -12.5. The summed E-state index contributed by atoms with van der Waals surface area (Å²) in [5.41, 5.74) is 0. The van der Waals surface area contributed by atoms with E-state index in [1.54, 1.807) is 0 Å². The summed E-state index contributed by atoms with van der Waals surface area (Å²) in [5, 5.41) is 0. The van der Waals surface area contributed by atoms with Crippen LogP contribution in [0, 0.1) is 6.43 Å². The molecule has 0 bridgehead atoms. The first kappa shape index (κ1) is 24.8. The van der Waals surface area contributed by atoms with Crippen molar-refractivity contribution in [2.75, 3.05) is 0 Å². The van der Waals surface area contributed by atoms with E-state index in [1.807, 2.05) is 0 Å². The molecule has 0 fully saturated rings. The first-order valence-electron chi connectivity index (χ1n) is 4.33. The molecule has 0 aromatic rings. The van der Waals surface area contributed by atoms with Crippen molar-refractivity contribution in [1.82, 2.24) is 0 Å². The molecular weight excluding hydrogens is 376 g/mol. The largest absolute Gasteiger partial charge is 1.00 e. The maximum Gasteiger partial charge on any atom is 1.00 e. The molecule has 0 aliphatic carbocycles. The van der Waals surface area contributed by atoms with Crippen LogP contribution in [0.2, 0.25) is 0 Å². The maximum atomic E-state index is 12.6. The Morgan fingerprint density at radius 3 is 0.913 bits per heavy atom. The third kappa shape index (κ3) is 3.22. The fourth-order valence-electron chi connectivity index (χ4n) is 0.888. The van der Waals surface area contributed by atoms with Gasteiger partial charge in [0.15, 0.2) is 0 Å². The van der Waals surface area contributed by atoms with E-state index in [-0.39, 0.29) is 18.9 Å². The maximum absolute atomic E-state index is 12.6. The van der Waals surface area contributed by atoms with Gasteiger partial charge >= 0.3 is 48.7 Å². The number of halogens is 15. The van der Waals surface area contributed by atoms with Crippen molar-refractivity contribution < 1.29 is 84.7 Å². The van der Waals surface area contributed by atoms with E-state index in [2.05, 4.69) is 0 Å². The molecule has 0 saturated heterocycles. The molecular formula is C7F15Li. The molecule has 0 nitrogen and oxygen atoms in total. The normalized spacial score (nSPS) is 15.7. The molecule has 0 aromatic heterocycles. The fraction of sp³-hybridized carbons (Fsp3) is 0.857. The Morgan fingerprint density at radius 1 is 0.435 bits per heavy atom. The third-order valence-electron chi connectivity index (χ3n) is 2.17. The molecule has 0 heterocycles. The molecule has 0 aromatic carbocycles. The second-order valence-electron chi connectivity index (χ2n) is 3.63. The minimum absolute atomic E-state index is 0. The Hall–Kier alpha value is -0.453. The van der Waals surface area contributed by atoms with Crippen molar-refractivity contribution in [3.8, 4) is 0 Å². The van der Waals surface area contributed by atoms with E-state index >= 15 is 0 Å². The smallest absolute Gasteiger partial charge is 0.415 e. The average molecular weight is 376 g/mol. The Bertz CT molecular complexity index is 407. The monoisotopic (exact) mass is 376 g/mol. The fourth-order valence-corrected chi connectivity index (χ4v) is 0.888. The number of alkyl halides is 13. The van der Waals surface area contributed by atoms with Gasteiger partial charge in [-0.1, -0.05) is 0 Å². The van der Waals surface area contributed by atoms with Crippen LogP contribution in [0.15, 0.2) is 0 Å². The van der Waals surface area contributed by atoms with Gasteiger partial charge < -0.3 is 8.78 Å². The second-order valence-corrected chi connectivity index (χ2v) is 3.63. The molecule has 0 rings (SSSR count). The van der Waals surface area contributed by atoms with Crippen LogP contribution in [0.1, 0.15) is 0 Å². The van der Waals surface area contributed by atoms with Crippen molar-refractivity contribution in [2.45, 2.75) is 35.8 Å². The minimum atomic E-state index is -8.19. The summed E-state index contributed by atoms with van der Waals surface area (Å²) >= 11 is 0. The molecule has 134 valence electrons. The predicted octanol–water partition coefficient (Wildman–Crippen LogP) is 2.16. The van der Waals surface area contributed by atoms with Gasteiger partial charge in [0.1, 0.15) is 0 Å². The van der Waals surface area contributed by atoms with Crippen LogP contribution in [0.5, 0.6) is 0 Å². The van der Waals surface area contributed by atoms with Crippen molar-refractivity contribution in [1.29, 1.82) is 0 Å². The Kier molecular flexibility index (Phi) is 6.60. The van der Waals surface area contributed by atoms with Gasteiger partial charge in [-0.3, -0.25) is 0 Å². The summed E-state index contributed by atoms with van der Waals surface area (Å²) < 4.78 is 181. The molecule has 0 unspecified atom stereocenters. The number of hydrogen-bond donors (Lipinski definition) is 0. The van der Waals surface area contributed by atoms with Crippen LogP contribution < -0.4 is 18.9 Å². The Labute approximate surface area is 128 Å². The Balaban J connectivity index is 0. The number of hydrogen-bond acceptors (Lipinski definition) is 0. The molecule has 0 saturated carbocycles. The molecule has 0 amide bonds. The van der Waals surface area contributed by atoms with Crippen molar-refractivity contribution in [3.05, 3.63) is 6.43 Å². The van der Waals surface area contributed by atoms with Gasteiger partial charge in [0.25, 0.3) is 5.92 Å². The summed E-state index contributed by atoms with van der Waals surface area (Å²) in [6, 6.07) is 0. The van der Waals surface area contributed by atoms with Crippen LogP contribution in [0.4, 0.5) is 65.9 Å². The average Bonchev–Trinajstić information content (AvgIpc) is 2.25. The van der Waals surface area contributed by atoms with Gasteiger partial charge in [-0.2, -0.15) is 48.3 Å². The van der Waals surface area contributed by atoms with E-state index in [4.69, 9.17) is 0 Å². The first-order chi connectivity index (χ1) is 9.19. The molecule has 23 heavy (non-hydrogen) atoms. The van der Waals surface area contributed by atoms with Gasteiger partial charge in [-0.05, 0) is 0 Å². The van der Waals surface area contributed by atoms with Gasteiger partial charge in [0.05, 0.1) is 6.43 Å². The number of rotatable bonds is 5. The molecule has 0 atom stereocenters. The predicted molar refractivity (Wildman–Crippen MR) is 36.2 cm³/mol. The van der Waals surface area contributed by atoms with Crippen LogP contribution in [0.3, 0.4) is 0 Å². The standard InChI is InChI=1S/C7F15.Li/c8-1(9)2(10,11)3(12,13)4(14,15)5(16,17)6(18,19)7(20,21)22;/q-1;+1. The van der Waals surface area contributed by atoms with E-state index in [9.17, 15) is 65.9 Å². The quantitative estimate of drug-likeness (QED) is 0.392. The zero-order chi connectivity index (χ0) is 18.6. The van der Waals surface area contributed by atoms with Gasteiger partial charge in [-0.15, -0.1) is 0 Å². The summed E-state index contributed by atoms with van der Waals surface area (Å²) in [4.78, 5) is 0.